The summed E-state index contributed by atoms with van der Waals surface area (Å²) in [5.74, 6) is -2.44. The largest absolute Gasteiger partial charge is 0.507 e. The van der Waals surface area contributed by atoms with Gasteiger partial charge in [-0.25, -0.2) is 9.59 Å². The predicted molar refractivity (Wildman–Crippen MR) is 235 cm³/mol. The summed E-state index contributed by atoms with van der Waals surface area (Å²) in [5, 5.41) is 31.2. The van der Waals surface area contributed by atoms with Crippen molar-refractivity contribution in [3.63, 3.8) is 0 Å². The average molecular weight is 777 g/mol. The van der Waals surface area contributed by atoms with Gasteiger partial charge in [-0.3, -0.25) is 0 Å². The van der Waals surface area contributed by atoms with Crippen LogP contribution in [0.15, 0.2) is 42.5 Å². The van der Waals surface area contributed by atoms with E-state index in [1.54, 1.807) is 12.1 Å². The van der Waals surface area contributed by atoms with E-state index in [0.717, 1.165) is 37.7 Å². The molecule has 56 heavy (non-hydrogen) atoms. The van der Waals surface area contributed by atoms with Crippen molar-refractivity contribution in [1.29, 1.82) is 0 Å². The molecule has 2 rings (SSSR count). The van der Waals surface area contributed by atoms with Gasteiger partial charge in [0.2, 0.25) is 0 Å². The van der Waals surface area contributed by atoms with E-state index >= 15 is 0 Å². The number of hydrogen-bond acceptors (Lipinski definition) is 5. The number of benzene rings is 2. The van der Waals surface area contributed by atoms with Crippen LogP contribution < -0.4 is 4.74 Å². The molecule has 1 atom stereocenters. The van der Waals surface area contributed by atoms with Crippen molar-refractivity contribution >= 4 is 18.0 Å². The van der Waals surface area contributed by atoms with Crippen LogP contribution in [0.4, 0.5) is 0 Å². The number of rotatable bonds is 36. The molecule has 0 heterocycles. The summed E-state index contributed by atoms with van der Waals surface area (Å²) in [6, 6.07) is 9.16. The van der Waals surface area contributed by atoms with Gasteiger partial charge in [-0.2, -0.15) is 0 Å². The first-order chi connectivity index (χ1) is 27.4. The van der Waals surface area contributed by atoms with E-state index in [2.05, 4.69) is 19.9 Å². The number of unbranched alkanes of at least 4 members (excludes halogenated alkanes) is 28. The number of hydrogen-bond donors (Lipinski definition) is 3. The fourth-order valence-electron chi connectivity index (χ4n) is 7.54. The van der Waals surface area contributed by atoms with Crippen LogP contribution >= 0.6 is 0 Å². The molecule has 0 spiro atoms. The number of carbonyl (C=O) groups excluding carboxylic acids is 1. The summed E-state index contributed by atoms with van der Waals surface area (Å²) in [7, 11) is 0. The third-order valence-corrected chi connectivity index (χ3v) is 11.2. The molecule has 0 amide bonds. The van der Waals surface area contributed by atoms with Gasteiger partial charge in [-0.05, 0) is 54.7 Å². The van der Waals surface area contributed by atoms with Gasteiger partial charge in [0.1, 0.15) is 22.6 Å². The summed E-state index contributed by atoms with van der Waals surface area (Å²) in [6.07, 6.45) is 42.4. The molecule has 2 aromatic rings. The fourth-order valence-corrected chi connectivity index (χ4v) is 7.54. The zero-order chi connectivity index (χ0) is 40.5. The molecular formula is C50H80O6. The second kappa shape index (κ2) is 32.9. The Labute approximate surface area is 341 Å². The first-order valence-electron chi connectivity index (χ1n) is 23.1. The Morgan fingerprint density at radius 3 is 1.48 bits per heavy atom. The summed E-state index contributed by atoms with van der Waals surface area (Å²) in [6.45, 7) is 4.53. The third kappa shape index (κ3) is 23.2. The number of carboxylic acids is 1. The molecule has 0 saturated heterocycles. The first kappa shape index (κ1) is 49.0. The first-order valence-corrected chi connectivity index (χ1v) is 23.1. The molecule has 0 bridgehead atoms. The van der Waals surface area contributed by atoms with Gasteiger partial charge in [-0.15, -0.1) is 0 Å². The Morgan fingerprint density at radius 1 is 0.571 bits per heavy atom. The number of allylic oxidation sites excluding steroid dienone is 1. The quantitative estimate of drug-likeness (QED) is 0.0362. The number of carbonyl (C=O) groups is 2. The number of aromatic carboxylic acids is 1. The van der Waals surface area contributed by atoms with Gasteiger partial charge in [-0.1, -0.05) is 218 Å². The maximum Gasteiger partial charge on any atom is 0.347 e. The molecule has 2 aromatic carbocycles. The summed E-state index contributed by atoms with van der Waals surface area (Å²) >= 11 is 0. The number of aromatic hydroxyl groups is 1. The number of ether oxygens (including phenoxy) is 1. The highest BCUT2D eigenvalue weighted by molar-refractivity contribution is 5.97. The molecule has 0 fully saturated rings. The molecule has 316 valence electrons. The normalized spacial score (nSPS) is 12.1. The number of carboxylic acid groups (broad SMARTS) is 1. The lowest BCUT2D eigenvalue weighted by Gasteiger charge is -2.14. The molecule has 0 aliphatic carbocycles. The smallest absolute Gasteiger partial charge is 0.347 e. The molecule has 0 radical (unpaired) electrons. The van der Waals surface area contributed by atoms with Crippen LogP contribution in [0.2, 0.25) is 0 Å². The van der Waals surface area contributed by atoms with E-state index < -0.39 is 18.0 Å². The number of phenolic OH excluding ortho intramolecular Hbond substituents is 1. The van der Waals surface area contributed by atoms with Crippen molar-refractivity contribution < 1.29 is 29.6 Å². The van der Waals surface area contributed by atoms with E-state index in [9.17, 15) is 24.9 Å². The van der Waals surface area contributed by atoms with Crippen molar-refractivity contribution in [3.8, 4) is 11.5 Å². The topological polar surface area (TPSA) is 104 Å². The zero-order valence-corrected chi connectivity index (χ0v) is 35.7. The highest BCUT2D eigenvalue weighted by Gasteiger charge is 2.20. The van der Waals surface area contributed by atoms with Crippen molar-refractivity contribution in [1.82, 2.24) is 0 Å². The van der Waals surface area contributed by atoms with Gasteiger partial charge in [0.15, 0.2) is 0 Å². The van der Waals surface area contributed by atoms with Crippen molar-refractivity contribution in [2.45, 2.75) is 219 Å². The number of phenols is 1. The molecule has 0 aliphatic heterocycles. The summed E-state index contributed by atoms with van der Waals surface area (Å²) in [5.41, 5.74) is 1.02. The van der Waals surface area contributed by atoms with Crippen molar-refractivity contribution in [3.05, 3.63) is 64.7 Å². The van der Waals surface area contributed by atoms with Crippen LogP contribution in [0.5, 0.6) is 11.5 Å². The molecule has 0 saturated carbocycles. The van der Waals surface area contributed by atoms with Crippen LogP contribution in [0.3, 0.4) is 0 Å². The molecule has 3 N–H and O–H groups in total. The summed E-state index contributed by atoms with van der Waals surface area (Å²) < 4.78 is 5.50. The lowest BCUT2D eigenvalue weighted by Crippen LogP contribution is -2.13. The zero-order valence-electron chi connectivity index (χ0n) is 35.7. The maximum atomic E-state index is 13.1. The number of aliphatic hydroxyl groups is 1. The average Bonchev–Trinajstić information content (AvgIpc) is 3.19. The second-order valence-electron chi connectivity index (χ2n) is 16.3. The minimum atomic E-state index is -1.20. The van der Waals surface area contributed by atoms with E-state index in [1.807, 2.05) is 6.08 Å². The Balaban J connectivity index is 1.67. The van der Waals surface area contributed by atoms with E-state index in [-0.39, 0.29) is 22.6 Å². The van der Waals surface area contributed by atoms with Crippen LogP contribution in [0.1, 0.15) is 251 Å². The molecule has 0 aliphatic rings. The third-order valence-electron chi connectivity index (χ3n) is 11.2. The van der Waals surface area contributed by atoms with E-state index in [4.69, 9.17) is 4.74 Å². The van der Waals surface area contributed by atoms with Crippen molar-refractivity contribution in [2.75, 3.05) is 0 Å². The fraction of sp³-hybridized carbons (Fsp3) is 0.680. The monoisotopic (exact) mass is 777 g/mol. The minimum absolute atomic E-state index is 0.0882. The maximum absolute atomic E-state index is 13.1. The lowest BCUT2D eigenvalue weighted by atomic mass is 9.99. The summed E-state index contributed by atoms with van der Waals surface area (Å²) in [4.78, 5) is 25.3. The van der Waals surface area contributed by atoms with Crippen LogP contribution in [0, 0.1) is 0 Å². The minimum Gasteiger partial charge on any atom is -0.507 e. The molecule has 0 aromatic heterocycles. The Bertz CT molecular complexity index is 1330. The van der Waals surface area contributed by atoms with Gasteiger partial charge >= 0.3 is 11.9 Å². The van der Waals surface area contributed by atoms with Gasteiger partial charge in [0.05, 0.1) is 6.10 Å². The molecular weight excluding hydrogens is 697 g/mol. The Hall–Kier alpha value is -3.12. The Morgan fingerprint density at radius 2 is 1.02 bits per heavy atom. The van der Waals surface area contributed by atoms with E-state index in [1.165, 1.54) is 185 Å². The highest BCUT2D eigenvalue weighted by atomic mass is 16.5. The second-order valence-corrected chi connectivity index (χ2v) is 16.3. The van der Waals surface area contributed by atoms with Crippen LogP contribution in [-0.4, -0.2) is 27.3 Å². The highest BCUT2D eigenvalue weighted by Crippen LogP contribution is 2.29. The van der Waals surface area contributed by atoms with E-state index in [0.29, 0.717) is 12.0 Å². The molecule has 6 heteroatoms. The predicted octanol–water partition coefficient (Wildman–Crippen LogP) is 15.5. The molecule has 1 unspecified atom stereocenters. The van der Waals surface area contributed by atoms with Gasteiger partial charge < -0.3 is 20.1 Å². The lowest BCUT2D eigenvalue weighted by molar-refractivity contribution is 0.0681. The van der Waals surface area contributed by atoms with Crippen LogP contribution in [0.25, 0.3) is 6.08 Å². The number of esters is 1. The van der Waals surface area contributed by atoms with Crippen LogP contribution in [-0.2, 0) is 0 Å². The number of aliphatic hydroxyl groups excluding tert-OH is 1. The van der Waals surface area contributed by atoms with Gasteiger partial charge in [0, 0.05) is 0 Å². The van der Waals surface area contributed by atoms with Gasteiger partial charge in [0.25, 0.3) is 0 Å². The van der Waals surface area contributed by atoms with Crippen molar-refractivity contribution in [2.24, 2.45) is 0 Å². The Kier molecular flexibility index (Phi) is 28.8. The molecule has 6 nitrogen and oxygen atoms in total. The standard InChI is InChI=1S/C50H80O6/c1-3-5-7-9-11-13-15-17-19-21-22-24-26-28-30-32-34-42-36-39-48(45(40-42)49(53)54)56-50(55)44-41-43(37-38-47(44)52)46(51)35-33-31-29-27-25-23-20-18-16-14-12-10-8-6-4-2/h32,34,36-41,46,51-52H,3-31,33,35H2,1-2H3,(H,53,54). The SMILES string of the molecule is CCCCCCCCCCCCCCCCC=Cc1ccc(OC(=O)c2cc(C(O)CCCCCCCCCCCCCCCCC)ccc2O)c(C(=O)O)c1.